The molecule has 1 fully saturated rings. The van der Waals surface area contributed by atoms with E-state index in [9.17, 15) is 9.18 Å². The van der Waals surface area contributed by atoms with Crippen molar-refractivity contribution >= 4 is 45.9 Å². The first-order valence-electron chi connectivity index (χ1n) is 8.24. The summed E-state index contributed by atoms with van der Waals surface area (Å²) in [6.07, 6.45) is 2.24. The number of nitrogens with zero attached hydrogens (tertiary/aromatic N) is 2. The quantitative estimate of drug-likeness (QED) is 0.492. The third-order valence-corrected chi connectivity index (χ3v) is 5.35. The van der Waals surface area contributed by atoms with Crippen molar-refractivity contribution in [2.75, 3.05) is 11.1 Å². The van der Waals surface area contributed by atoms with Crippen molar-refractivity contribution in [1.82, 2.24) is 9.97 Å². The SMILES string of the molecule is O=C(CSc1nc(C2CC2)nc2ccccc12)Nc1ccc(F)c(Cl)c1. The van der Waals surface area contributed by atoms with E-state index in [4.69, 9.17) is 11.6 Å². The molecule has 0 radical (unpaired) electrons. The van der Waals surface area contributed by atoms with Crippen LogP contribution in [0.5, 0.6) is 0 Å². The lowest BCUT2D eigenvalue weighted by atomic mass is 10.2. The topological polar surface area (TPSA) is 54.9 Å². The number of hydrogen-bond acceptors (Lipinski definition) is 4. The number of carbonyl (C=O) groups is 1. The van der Waals surface area contributed by atoms with Crippen LogP contribution in [0.3, 0.4) is 0 Å². The molecular formula is C19H15ClFN3OS. The van der Waals surface area contributed by atoms with Crippen molar-refractivity contribution in [1.29, 1.82) is 0 Å². The molecule has 4 nitrogen and oxygen atoms in total. The van der Waals surface area contributed by atoms with Crippen LogP contribution in [0.4, 0.5) is 10.1 Å². The average Bonchev–Trinajstić information content (AvgIpc) is 3.48. The number of thioether (sulfide) groups is 1. The van der Waals surface area contributed by atoms with E-state index in [0.717, 1.165) is 34.6 Å². The molecule has 1 saturated carbocycles. The molecule has 26 heavy (non-hydrogen) atoms. The zero-order valence-corrected chi connectivity index (χ0v) is 15.3. The van der Waals surface area contributed by atoms with Crippen LogP contribution >= 0.6 is 23.4 Å². The Labute approximate surface area is 159 Å². The summed E-state index contributed by atoms with van der Waals surface area (Å²) in [5.74, 6) is 0.777. The highest BCUT2D eigenvalue weighted by Gasteiger charge is 2.27. The third-order valence-electron chi connectivity index (χ3n) is 4.07. The van der Waals surface area contributed by atoms with Crippen LogP contribution in [0, 0.1) is 5.82 Å². The van der Waals surface area contributed by atoms with Gasteiger partial charge in [-0.1, -0.05) is 41.6 Å². The summed E-state index contributed by atoms with van der Waals surface area (Å²) in [7, 11) is 0. The van der Waals surface area contributed by atoms with Crippen molar-refractivity contribution in [2.24, 2.45) is 0 Å². The fraction of sp³-hybridized carbons (Fsp3) is 0.211. The van der Waals surface area contributed by atoms with Gasteiger partial charge in [0, 0.05) is 17.0 Å². The number of aromatic nitrogens is 2. The molecule has 1 aliphatic carbocycles. The van der Waals surface area contributed by atoms with Gasteiger partial charge >= 0.3 is 0 Å². The Kier molecular flexibility index (Phi) is 4.78. The number of carbonyl (C=O) groups excluding carboxylic acids is 1. The Balaban J connectivity index is 1.50. The predicted molar refractivity (Wildman–Crippen MR) is 102 cm³/mol. The van der Waals surface area contributed by atoms with Crippen LogP contribution in [-0.2, 0) is 4.79 Å². The van der Waals surface area contributed by atoms with Crippen molar-refractivity contribution < 1.29 is 9.18 Å². The molecule has 0 unspecified atom stereocenters. The van der Waals surface area contributed by atoms with E-state index in [1.807, 2.05) is 24.3 Å². The summed E-state index contributed by atoms with van der Waals surface area (Å²) >= 11 is 7.11. The van der Waals surface area contributed by atoms with E-state index in [2.05, 4.69) is 15.3 Å². The molecule has 0 spiro atoms. The van der Waals surface area contributed by atoms with Crippen molar-refractivity contribution in [3.8, 4) is 0 Å². The number of hydrogen-bond donors (Lipinski definition) is 1. The second kappa shape index (κ2) is 7.21. The fourth-order valence-electron chi connectivity index (χ4n) is 2.60. The van der Waals surface area contributed by atoms with Gasteiger partial charge in [-0.3, -0.25) is 4.79 Å². The molecule has 132 valence electrons. The van der Waals surface area contributed by atoms with Gasteiger partial charge in [0.15, 0.2) is 0 Å². The number of halogens is 2. The van der Waals surface area contributed by atoms with Crippen LogP contribution in [-0.4, -0.2) is 21.6 Å². The lowest BCUT2D eigenvalue weighted by Gasteiger charge is -2.09. The van der Waals surface area contributed by atoms with E-state index in [-0.39, 0.29) is 16.7 Å². The van der Waals surface area contributed by atoms with Crippen molar-refractivity contribution in [3.05, 3.63) is 59.1 Å². The average molecular weight is 388 g/mol. The Bertz CT molecular complexity index is 994. The summed E-state index contributed by atoms with van der Waals surface area (Å²) in [6, 6.07) is 11.9. The van der Waals surface area contributed by atoms with Gasteiger partial charge in [0.25, 0.3) is 0 Å². The zero-order chi connectivity index (χ0) is 18.1. The molecule has 1 amide bonds. The number of amides is 1. The Morgan fingerprint density at radius 2 is 2.04 bits per heavy atom. The Morgan fingerprint density at radius 1 is 1.23 bits per heavy atom. The van der Waals surface area contributed by atoms with E-state index < -0.39 is 5.82 Å². The summed E-state index contributed by atoms with van der Waals surface area (Å²) in [4.78, 5) is 21.5. The molecule has 2 aromatic carbocycles. The number of benzene rings is 2. The molecule has 0 aliphatic heterocycles. The zero-order valence-electron chi connectivity index (χ0n) is 13.7. The fourth-order valence-corrected chi connectivity index (χ4v) is 3.61. The molecule has 0 saturated heterocycles. The molecule has 4 rings (SSSR count). The number of nitrogens with one attached hydrogen (secondary N) is 1. The molecule has 1 heterocycles. The van der Waals surface area contributed by atoms with E-state index >= 15 is 0 Å². The van der Waals surface area contributed by atoms with Gasteiger partial charge < -0.3 is 5.32 Å². The van der Waals surface area contributed by atoms with Gasteiger partial charge in [-0.25, -0.2) is 14.4 Å². The maximum absolute atomic E-state index is 13.2. The standard InChI is InChI=1S/C19H15ClFN3OS/c20-14-9-12(7-8-15(14)21)22-17(25)10-26-19-13-3-1-2-4-16(13)23-18(24-19)11-5-6-11/h1-4,7-9,11H,5-6,10H2,(H,22,25). The van der Waals surface area contributed by atoms with E-state index in [1.54, 1.807) is 0 Å². The van der Waals surface area contributed by atoms with Crippen molar-refractivity contribution in [3.63, 3.8) is 0 Å². The molecular weight excluding hydrogens is 373 g/mol. The van der Waals surface area contributed by atoms with Gasteiger partial charge in [0.2, 0.25) is 5.91 Å². The second-order valence-corrected chi connectivity index (χ2v) is 7.52. The second-order valence-electron chi connectivity index (χ2n) is 6.14. The first kappa shape index (κ1) is 17.2. The van der Waals surface area contributed by atoms with Gasteiger partial charge in [-0.05, 0) is 37.1 Å². The molecule has 7 heteroatoms. The van der Waals surface area contributed by atoms with Crippen molar-refractivity contribution in [2.45, 2.75) is 23.8 Å². The number of anilines is 1. The molecule has 0 bridgehead atoms. The summed E-state index contributed by atoms with van der Waals surface area (Å²) < 4.78 is 13.2. The lowest BCUT2D eigenvalue weighted by molar-refractivity contribution is -0.113. The maximum Gasteiger partial charge on any atom is 0.234 e. The highest BCUT2D eigenvalue weighted by Crippen LogP contribution is 2.39. The van der Waals surface area contributed by atoms with Gasteiger partial charge in [-0.15, -0.1) is 0 Å². The normalized spacial score (nSPS) is 13.8. The number of rotatable bonds is 5. The van der Waals surface area contributed by atoms with E-state index in [0.29, 0.717) is 11.6 Å². The molecule has 1 N–H and O–H groups in total. The minimum Gasteiger partial charge on any atom is -0.325 e. The number of fused-ring (bicyclic) bond motifs is 1. The largest absolute Gasteiger partial charge is 0.325 e. The predicted octanol–water partition coefficient (Wildman–Crippen LogP) is 5.03. The molecule has 3 aromatic rings. The third kappa shape index (κ3) is 3.81. The smallest absolute Gasteiger partial charge is 0.234 e. The summed E-state index contributed by atoms with van der Waals surface area (Å²) in [5, 5.41) is 4.46. The monoisotopic (exact) mass is 387 g/mol. The van der Waals surface area contributed by atoms with Crippen LogP contribution in [0.25, 0.3) is 10.9 Å². The van der Waals surface area contributed by atoms with Crippen LogP contribution in [0.15, 0.2) is 47.5 Å². The molecule has 0 atom stereocenters. The van der Waals surface area contributed by atoms with Gasteiger partial charge in [0.1, 0.15) is 16.7 Å². The Morgan fingerprint density at radius 3 is 2.81 bits per heavy atom. The van der Waals surface area contributed by atoms with Crippen LogP contribution in [0.1, 0.15) is 24.6 Å². The lowest BCUT2D eigenvalue weighted by Crippen LogP contribution is -2.14. The Hall–Kier alpha value is -2.18. The maximum atomic E-state index is 13.2. The first-order valence-corrected chi connectivity index (χ1v) is 9.61. The van der Waals surface area contributed by atoms with E-state index in [1.165, 1.54) is 30.0 Å². The van der Waals surface area contributed by atoms with Gasteiger partial charge in [0.05, 0.1) is 16.3 Å². The number of para-hydroxylation sites is 1. The molecule has 1 aromatic heterocycles. The first-order chi connectivity index (χ1) is 12.6. The summed E-state index contributed by atoms with van der Waals surface area (Å²) in [5.41, 5.74) is 1.37. The minimum atomic E-state index is -0.515. The van der Waals surface area contributed by atoms with Crippen LogP contribution in [0.2, 0.25) is 5.02 Å². The molecule has 1 aliphatic rings. The minimum absolute atomic E-state index is 0.0219. The summed E-state index contributed by atoms with van der Waals surface area (Å²) in [6.45, 7) is 0. The van der Waals surface area contributed by atoms with Gasteiger partial charge in [-0.2, -0.15) is 0 Å². The highest BCUT2D eigenvalue weighted by atomic mass is 35.5. The highest BCUT2D eigenvalue weighted by molar-refractivity contribution is 8.00. The van der Waals surface area contributed by atoms with Crippen LogP contribution < -0.4 is 5.32 Å².